The third-order valence-corrected chi connectivity index (χ3v) is 5.49. The second kappa shape index (κ2) is 11.8. The van der Waals surface area contributed by atoms with E-state index in [1.54, 1.807) is 11.0 Å². The lowest BCUT2D eigenvalue weighted by molar-refractivity contribution is -0.155. The zero-order valence-corrected chi connectivity index (χ0v) is 16.8. The van der Waals surface area contributed by atoms with E-state index in [4.69, 9.17) is 4.74 Å². The Morgan fingerprint density at radius 2 is 1.74 bits per heavy atom. The van der Waals surface area contributed by atoms with Gasteiger partial charge in [0.25, 0.3) is 0 Å². The fourth-order valence-electron chi connectivity index (χ4n) is 3.80. The van der Waals surface area contributed by atoms with E-state index in [1.807, 2.05) is 6.08 Å². The molecular weight excluding hydrogens is 342 g/mol. The number of rotatable bonds is 12. The Labute approximate surface area is 163 Å². The van der Waals surface area contributed by atoms with E-state index in [9.17, 15) is 14.7 Å². The van der Waals surface area contributed by atoms with Crippen LogP contribution in [0.25, 0.3) is 0 Å². The summed E-state index contributed by atoms with van der Waals surface area (Å²) in [6.45, 7) is 2.22. The van der Waals surface area contributed by atoms with Crippen LogP contribution in [0, 0.1) is 0 Å². The maximum atomic E-state index is 12.2. The van der Waals surface area contributed by atoms with Crippen LogP contribution in [0.4, 0.5) is 0 Å². The fraction of sp³-hybridized carbons (Fsp3) is 0.727. The number of allylic oxidation sites excluding steroid dienone is 2. The topological polar surface area (TPSA) is 66.8 Å². The van der Waals surface area contributed by atoms with Gasteiger partial charge in [-0.3, -0.25) is 9.59 Å². The molecule has 27 heavy (non-hydrogen) atoms. The highest BCUT2D eigenvalue weighted by Gasteiger charge is 2.34. The lowest BCUT2D eigenvalue weighted by Gasteiger charge is -2.38. The minimum Gasteiger partial charge on any atom is -0.512 e. The summed E-state index contributed by atoms with van der Waals surface area (Å²) in [6.07, 6.45) is 16.4. The first-order chi connectivity index (χ1) is 13.1. The van der Waals surface area contributed by atoms with Crippen molar-refractivity contribution in [2.24, 2.45) is 0 Å². The molecule has 1 saturated heterocycles. The third-order valence-electron chi connectivity index (χ3n) is 5.49. The van der Waals surface area contributed by atoms with Gasteiger partial charge in [-0.1, -0.05) is 64.4 Å². The van der Waals surface area contributed by atoms with Gasteiger partial charge in [0, 0.05) is 19.3 Å². The molecule has 1 amide bonds. The second-order valence-electron chi connectivity index (χ2n) is 7.71. The van der Waals surface area contributed by atoms with Crippen molar-refractivity contribution in [2.45, 2.75) is 96.4 Å². The van der Waals surface area contributed by atoms with Crippen molar-refractivity contribution in [1.82, 2.24) is 4.90 Å². The zero-order valence-electron chi connectivity index (χ0n) is 16.8. The molecule has 0 saturated carbocycles. The number of esters is 1. The van der Waals surface area contributed by atoms with Gasteiger partial charge in [-0.15, -0.1) is 0 Å². The zero-order chi connectivity index (χ0) is 19.5. The number of nitrogens with zero attached hydrogens (tertiary/aromatic N) is 1. The average Bonchev–Trinajstić information content (AvgIpc) is 2.66. The number of hydrogen-bond acceptors (Lipinski definition) is 4. The summed E-state index contributed by atoms with van der Waals surface area (Å²) in [6, 6.07) is -0.170. The second-order valence-corrected chi connectivity index (χ2v) is 7.71. The van der Waals surface area contributed by atoms with E-state index in [0.717, 1.165) is 24.8 Å². The van der Waals surface area contributed by atoms with Gasteiger partial charge in [-0.2, -0.15) is 0 Å². The molecule has 1 N–H and O–H groups in total. The molecule has 0 bridgehead atoms. The fourth-order valence-corrected chi connectivity index (χ4v) is 3.80. The number of ether oxygens (including phenoxy) is 1. The van der Waals surface area contributed by atoms with Crippen molar-refractivity contribution >= 4 is 11.9 Å². The first-order valence-electron chi connectivity index (χ1n) is 10.7. The van der Waals surface area contributed by atoms with Gasteiger partial charge < -0.3 is 14.7 Å². The SMILES string of the molecule is CCCCCCCCCCCC(=O)OCN1C(=O)CCC2=CC=C(O)CC21. The molecule has 2 rings (SSSR count). The molecule has 1 fully saturated rings. The van der Waals surface area contributed by atoms with Crippen LogP contribution in [-0.2, 0) is 14.3 Å². The number of fused-ring (bicyclic) bond motifs is 1. The Bertz CT molecular complexity index is 553. The van der Waals surface area contributed by atoms with Crippen LogP contribution in [0.5, 0.6) is 0 Å². The van der Waals surface area contributed by atoms with E-state index in [0.29, 0.717) is 19.3 Å². The predicted molar refractivity (Wildman–Crippen MR) is 106 cm³/mol. The van der Waals surface area contributed by atoms with Crippen molar-refractivity contribution < 1.29 is 19.4 Å². The van der Waals surface area contributed by atoms with Crippen molar-refractivity contribution in [1.29, 1.82) is 0 Å². The van der Waals surface area contributed by atoms with Crippen molar-refractivity contribution in [3.8, 4) is 0 Å². The monoisotopic (exact) mass is 377 g/mol. The number of aliphatic hydroxyl groups excluding tert-OH is 1. The molecule has 1 unspecified atom stereocenters. The van der Waals surface area contributed by atoms with Crippen LogP contribution in [0.2, 0.25) is 0 Å². The van der Waals surface area contributed by atoms with Crippen molar-refractivity contribution in [2.75, 3.05) is 6.73 Å². The first kappa shape index (κ1) is 21.5. The highest BCUT2D eigenvalue weighted by molar-refractivity contribution is 5.79. The Kier molecular flexibility index (Phi) is 9.43. The number of carbonyl (C=O) groups excluding carboxylic acids is 2. The maximum absolute atomic E-state index is 12.2. The van der Waals surface area contributed by atoms with Gasteiger partial charge in [-0.25, -0.2) is 0 Å². The van der Waals surface area contributed by atoms with Gasteiger partial charge in [0.1, 0.15) is 0 Å². The van der Waals surface area contributed by atoms with Crippen molar-refractivity contribution in [3.63, 3.8) is 0 Å². The molecule has 1 heterocycles. The standard InChI is InChI=1S/C22H35NO4/c1-2-3-4-5-6-7-8-9-10-11-22(26)27-17-23-20-16-19(24)14-12-18(20)13-15-21(23)25/h12,14,20,24H,2-11,13,15-17H2,1H3. The normalized spacial score (nSPS) is 19.4. The number of piperidine rings is 1. The van der Waals surface area contributed by atoms with Crippen LogP contribution in [0.15, 0.2) is 23.5 Å². The number of likely N-dealkylation sites (tertiary alicyclic amines) is 1. The molecule has 0 aromatic heterocycles. The van der Waals surface area contributed by atoms with Crippen LogP contribution in [0.3, 0.4) is 0 Å². The molecule has 0 aromatic carbocycles. The minimum atomic E-state index is -0.238. The van der Waals surface area contributed by atoms with E-state index < -0.39 is 0 Å². The number of hydrogen-bond donors (Lipinski definition) is 1. The Morgan fingerprint density at radius 1 is 1.07 bits per heavy atom. The lowest BCUT2D eigenvalue weighted by Crippen LogP contribution is -2.47. The van der Waals surface area contributed by atoms with Crippen molar-refractivity contribution in [3.05, 3.63) is 23.5 Å². The van der Waals surface area contributed by atoms with Gasteiger partial charge in [0.05, 0.1) is 11.8 Å². The summed E-state index contributed by atoms with van der Waals surface area (Å²) in [5.41, 5.74) is 1.13. The number of unbranched alkanes of at least 4 members (excludes halogenated alkanes) is 8. The quantitative estimate of drug-likeness (QED) is 0.376. The molecule has 5 nitrogen and oxygen atoms in total. The lowest BCUT2D eigenvalue weighted by atomic mass is 9.89. The number of carbonyl (C=O) groups is 2. The van der Waals surface area contributed by atoms with Gasteiger partial charge in [0.2, 0.25) is 5.91 Å². The van der Waals surface area contributed by atoms with E-state index >= 15 is 0 Å². The summed E-state index contributed by atoms with van der Waals surface area (Å²) in [7, 11) is 0. The summed E-state index contributed by atoms with van der Waals surface area (Å²) >= 11 is 0. The molecule has 0 spiro atoms. The van der Waals surface area contributed by atoms with E-state index in [-0.39, 0.29) is 30.4 Å². The molecule has 152 valence electrons. The van der Waals surface area contributed by atoms with Crippen LogP contribution < -0.4 is 0 Å². The predicted octanol–water partition coefficient (Wildman–Crippen LogP) is 5.17. The van der Waals surface area contributed by atoms with Crippen LogP contribution in [0.1, 0.15) is 90.4 Å². The Balaban J connectivity index is 1.59. The number of aliphatic hydroxyl groups is 1. The van der Waals surface area contributed by atoms with E-state index in [1.165, 1.54) is 44.9 Å². The van der Waals surface area contributed by atoms with Gasteiger partial charge in [0.15, 0.2) is 6.73 Å². The number of amides is 1. The largest absolute Gasteiger partial charge is 0.512 e. The first-order valence-corrected chi connectivity index (χ1v) is 10.7. The van der Waals surface area contributed by atoms with Gasteiger partial charge >= 0.3 is 5.97 Å². The molecule has 1 aliphatic carbocycles. The smallest absolute Gasteiger partial charge is 0.307 e. The minimum absolute atomic E-state index is 0.00954. The highest BCUT2D eigenvalue weighted by atomic mass is 16.5. The summed E-state index contributed by atoms with van der Waals surface area (Å²) in [5, 5.41) is 9.75. The molecule has 2 aliphatic rings. The highest BCUT2D eigenvalue weighted by Crippen LogP contribution is 2.31. The molecule has 0 radical (unpaired) electrons. The Hall–Kier alpha value is -1.78. The third kappa shape index (κ3) is 7.39. The Morgan fingerprint density at radius 3 is 2.44 bits per heavy atom. The summed E-state index contributed by atoms with van der Waals surface area (Å²) in [5.74, 6) is 0.0182. The van der Waals surface area contributed by atoms with Gasteiger partial charge in [-0.05, 0) is 24.5 Å². The average molecular weight is 378 g/mol. The van der Waals surface area contributed by atoms with Crippen LogP contribution >= 0.6 is 0 Å². The molecule has 0 aromatic rings. The van der Waals surface area contributed by atoms with Crippen LogP contribution in [-0.4, -0.2) is 34.7 Å². The maximum Gasteiger partial charge on any atom is 0.307 e. The summed E-state index contributed by atoms with van der Waals surface area (Å²) in [4.78, 5) is 25.8. The molecule has 5 heteroatoms. The molecule has 1 atom stereocenters. The molecular formula is C22H35NO4. The van der Waals surface area contributed by atoms with E-state index in [2.05, 4.69) is 6.92 Å². The summed E-state index contributed by atoms with van der Waals surface area (Å²) < 4.78 is 5.35. The molecule has 1 aliphatic heterocycles.